The van der Waals surface area contributed by atoms with Crippen molar-refractivity contribution in [1.29, 1.82) is 0 Å². The van der Waals surface area contributed by atoms with Gasteiger partial charge in [0, 0.05) is 31.0 Å². The summed E-state index contributed by atoms with van der Waals surface area (Å²) >= 11 is 6.12. The number of urea groups is 1. The molecule has 9 heteroatoms. The molecule has 3 aromatic carbocycles. The molecule has 1 aromatic heterocycles. The van der Waals surface area contributed by atoms with Crippen LogP contribution in [0.2, 0.25) is 5.02 Å². The number of ether oxygens (including phenoxy) is 2. The molecule has 38 heavy (non-hydrogen) atoms. The molecular formula is C29H31ClN4O4. The minimum atomic E-state index is -0.553. The number of carbonyl (C=O) groups is 1. The smallest absolute Gasteiger partial charge is 0.322 e. The first-order valence-electron chi connectivity index (χ1n) is 12.5. The highest BCUT2D eigenvalue weighted by Gasteiger charge is 2.27. The summed E-state index contributed by atoms with van der Waals surface area (Å²) in [4.78, 5) is 33.8. The van der Waals surface area contributed by atoms with Crippen molar-refractivity contribution < 1.29 is 14.3 Å². The summed E-state index contributed by atoms with van der Waals surface area (Å²) in [7, 11) is 1.62. The third-order valence-electron chi connectivity index (χ3n) is 6.15. The van der Waals surface area contributed by atoms with Gasteiger partial charge in [0.2, 0.25) is 0 Å². The zero-order valence-electron chi connectivity index (χ0n) is 21.7. The average Bonchev–Trinajstić information content (AvgIpc) is 2.92. The van der Waals surface area contributed by atoms with Gasteiger partial charge in [-0.2, -0.15) is 0 Å². The van der Waals surface area contributed by atoms with Gasteiger partial charge in [-0.1, -0.05) is 23.7 Å². The molecule has 4 aromatic rings. The average molecular weight is 535 g/mol. The number of rotatable bonds is 10. The van der Waals surface area contributed by atoms with Crippen molar-refractivity contribution in [2.45, 2.75) is 26.3 Å². The molecule has 0 bridgehead atoms. The van der Waals surface area contributed by atoms with E-state index < -0.39 is 6.04 Å². The molecule has 0 aliphatic rings. The number of para-hydroxylation sites is 1. The SMILES string of the molecule is CCOc1ccc(NC(=O)N(CCCOC)C(C)c2nc3ccccc3c(=O)n2-c2ccc(Cl)cc2)cc1. The number of amides is 2. The number of aromatic nitrogens is 2. The van der Waals surface area contributed by atoms with Crippen LogP contribution in [0.25, 0.3) is 16.6 Å². The zero-order chi connectivity index (χ0) is 27.1. The molecule has 8 nitrogen and oxygen atoms in total. The van der Waals surface area contributed by atoms with Crippen LogP contribution in [0, 0.1) is 0 Å². The largest absolute Gasteiger partial charge is 0.494 e. The number of anilines is 1. The number of benzene rings is 3. The first-order valence-corrected chi connectivity index (χ1v) is 12.9. The van der Waals surface area contributed by atoms with Crippen molar-refractivity contribution in [1.82, 2.24) is 14.5 Å². The second-order valence-electron chi connectivity index (χ2n) is 8.71. The normalized spacial score (nSPS) is 11.8. The molecule has 0 saturated heterocycles. The molecule has 1 unspecified atom stereocenters. The summed E-state index contributed by atoms with van der Waals surface area (Å²) in [6, 6.07) is 20.5. The summed E-state index contributed by atoms with van der Waals surface area (Å²) in [5.74, 6) is 1.17. The lowest BCUT2D eigenvalue weighted by Crippen LogP contribution is -2.40. The third kappa shape index (κ3) is 6.15. The number of methoxy groups -OCH3 is 1. The fourth-order valence-electron chi connectivity index (χ4n) is 4.26. The summed E-state index contributed by atoms with van der Waals surface area (Å²) in [6.45, 7) is 5.22. The molecule has 1 N–H and O–H groups in total. The molecule has 0 fully saturated rings. The van der Waals surface area contributed by atoms with Crippen molar-refractivity contribution in [2.75, 3.05) is 32.2 Å². The van der Waals surface area contributed by atoms with E-state index in [2.05, 4.69) is 5.32 Å². The van der Waals surface area contributed by atoms with E-state index in [4.69, 9.17) is 26.1 Å². The van der Waals surface area contributed by atoms with E-state index >= 15 is 0 Å². The molecule has 0 radical (unpaired) electrons. The highest BCUT2D eigenvalue weighted by atomic mass is 35.5. The van der Waals surface area contributed by atoms with Gasteiger partial charge in [0.25, 0.3) is 5.56 Å². The van der Waals surface area contributed by atoms with Gasteiger partial charge in [0.15, 0.2) is 0 Å². The number of hydrogen-bond donors (Lipinski definition) is 1. The van der Waals surface area contributed by atoms with E-state index in [1.54, 1.807) is 77.2 Å². The Morgan fingerprint density at radius 2 is 1.79 bits per heavy atom. The third-order valence-corrected chi connectivity index (χ3v) is 6.40. The van der Waals surface area contributed by atoms with Gasteiger partial charge >= 0.3 is 6.03 Å². The molecule has 0 spiro atoms. The number of hydrogen-bond acceptors (Lipinski definition) is 5. The summed E-state index contributed by atoms with van der Waals surface area (Å²) in [6.07, 6.45) is 0.607. The maximum Gasteiger partial charge on any atom is 0.322 e. The lowest BCUT2D eigenvalue weighted by atomic mass is 10.1. The summed E-state index contributed by atoms with van der Waals surface area (Å²) < 4.78 is 12.3. The van der Waals surface area contributed by atoms with Crippen molar-refractivity contribution >= 4 is 34.2 Å². The van der Waals surface area contributed by atoms with Gasteiger partial charge in [-0.05, 0) is 80.9 Å². The van der Waals surface area contributed by atoms with Crippen LogP contribution in [0.4, 0.5) is 10.5 Å². The molecular weight excluding hydrogens is 504 g/mol. The summed E-state index contributed by atoms with van der Waals surface area (Å²) in [5.41, 5.74) is 1.59. The highest BCUT2D eigenvalue weighted by Crippen LogP contribution is 2.25. The fraction of sp³-hybridized carbons (Fsp3) is 0.276. The Hall–Kier alpha value is -3.88. The van der Waals surface area contributed by atoms with Crippen LogP contribution < -0.4 is 15.6 Å². The predicted molar refractivity (Wildman–Crippen MR) is 151 cm³/mol. The fourth-order valence-corrected chi connectivity index (χ4v) is 4.38. The van der Waals surface area contributed by atoms with E-state index in [0.29, 0.717) is 59.3 Å². The number of halogens is 1. The Bertz CT molecular complexity index is 1440. The molecule has 0 saturated carbocycles. The molecule has 1 heterocycles. The van der Waals surface area contributed by atoms with Gasteiger partial charge in [-0.15, -0.1) is 0 Å². The zero-order valence-corrected chi connectivity index (χ0v) is 22.4. The Morgan fingerprint density at radius 1 is 1.08 bits per heavy atom. The second kappa shape index (κ2) is 12.6. The molecule has 2 amide bonds. The van der Waals surface area contributed by atoms with Gasteiger partial charge in [-0.3, -0.25) is 9.36 Å². The lowest BCUT2D eigenvalue weighted by molar-refractivity contribution is 0.159. The molecule has 1 atom stereocenters. The Labute approximate surface area is 226 Å². The maximum atomic E-state index is 13.7. The Balaban J connectivity index is 1.75. The number of fused-ring (bicyclic) bond motifs is 1. The van der Waals surface area contributed by atoms with Crippen molar-refractivity contribution in [3.8, 4) is 11.4 Å². The van der Waals surface area contributed by atoms with Crippen LogP contribution in [0.15, 0.2) is 77.6 Å². The van der Waals surface area contributed by atoms with Gasteiger partial charge < -0.3 is 19.7 Å². The molecule has 4 rings (SSSR count). The first-order chi connectivity index (χ1) is 18.4. The standard InChI is InChI=1S/C29H31ClN4O4/c1-4-38-24-16-12-22(13-17-24)31-29(36)33(18-7-19-37-3)20(2)27-32-26-9-6-5-8-25(26)28(35)34(27)23-14-10-21(30)11-15-23/h5-6,8-17,20H,4,7,18-19H2,1-3H3,(H,31,36). The van der Waals surface area contributed by atoms with Gasteiger partial charge in [0.05, 0.1) is 29.2 Å². The lowest BCUT2D eigenvalue weighted by Gasteiger charge is -2.30. The minimum Gasteiger partial charge on any atom is -0.494 e. The Morgan fingerprint density at radius 3 is 2.47 bits per heavy atom. The van der Waals surface area contributed by atoms with E-state index in [-0.39, 0.29) is 11.6 Å². The Kier molecular flexibility index (Phi) is 8.99. The van der Waals surface area contributed by atoms with E-state index in [1.165, 1.54) is 0 Å². The minimum absolute atomic E-state index is 0.219. The maximum absolute atomic E-state index is 13.7. The first kappa shape index (κ1) is 27.2. The monoisotopic (exact) mass is 534 g/mol. The van der Waals surface area contributed by atoms with Crippen molar-refractivity contribution in [2.24, 2.45) is 0 Å². The predicted octanol–water partition coefficient (Wildman–Crippen LogP) is 6.07. The van der Waals surface area contributed by atoms with Gasteiger partial charge in [0.1, 0.15) is 11.6 Å². The van der Waals surface area contributed by atoms with Crippen LogP contribution in [-0.2, 0) is 4.74 Å². The van der Waals surface area contributed by atoms with Crippen LogP contribution in [0.5, 0.6) is 5.75 Å². The number of carbonyl (C=O) groups excluding carboxylic acids is 1. The van der Waals surface area contributed by atoms with E-state index in [9.17, 15) is 9.59 Å². The van der Waals surface area contributed by atoms with E-state index in [0.717, 1.165) is 5.75 Å². The second-order valence-corrected chi connectivity index (χ2v) is 9.14. The van der Waals surface area contributed by atoms with Gasteiger partial charge in [-0.25, -0.2) is 9.78 Å². The van der Waals surface area contributed by atoms with Crippen molar-refractivity contribution in [3.63, 3.8) is 0 Å². The van der Waals surface area contributed by atoms with Crippen LogP contribution in [0.1, 0.15) is 32.1 Å². The van der Waals surface area contributed by atoms with Crippen LogP contribution in [-0.4, -0.2) is 47.4 Å². The number of nitrogens with zero attached hydrogens (tertiary/aromatic N) is 3. The quantitative estimate of drug-likeness (QED) is 0.250. The molecule has 0 aliphatic carbocycles. The molecule has 198 valence electrons. The van der Waals surface area contributed by atoms with E-state index in [1.807, 2.05) is 26.0 Å². The summed E-state index contributed by atoms with van der Waals surface area (Å²) in [5, 5.41) is 4.01. The molecule has 0 aliphatic heterocycles. The number of nitrogens with one attached hydrogen (secondary N) is 1. The van der Waals surface area contributed by atoms with Crippen molar-refractivity contribution in [3.05, 3.63) is 94.0 Å². The topological polar surface area (TPSA) is 85.7 Å². The van der Waals surface area contributed by atoms with Crippen LogP contribution in [0.3, 0.4) is 0 Å². The van der Waals surface area contributed by atoms with Crippen LogP contribution >= 0.6 is 11.6 Å². The highest BCUT2D eigenvalue weighted by molar-refractivity contribution is 6.30.